The van der Waals surface area contributed by atoms with Crippen LogP contribution in [0.1, 0.15) is 28.4 Å². The molecule has 0 spiro atoms. The van der Waals surface area contributed by atoms with Crippen molar-refractivity contribution in [3.63, 3.8) is 0 Å². The summed E-state index contributed by atoms with van der Waals surface area (Å²) in [5.41, 5.74) is 1.52. The molecule has 1 aliphatic rings. The van der Waals surface area contributed by atoms with E-state index in [1.807, 2.05) is 24.3 Å². The van der Waals surface area contributed by atoms with Crippen molar-refractivity contribution in [2.45, 2.75) is 12.3 Å². The normalized spacial score (nSPS) is 16.8. The second-order valence-electron chi connectivity index (χ2n) is 6.18. The third-order valence-corrected chi connectivity index (χ3v) is 4.85. The molecule has 2 aromatic heterocycles. The molecule has 1 N–H and O–H groups in total. The molecule has 0 aliphatic carbocycles. The lowest BCUT2D eigenvalue weighted by molar-refractivity contribution is 0.0780. The van der Waals surface area contributed by atoms with E-state index >= 15 is 0 Å². The number of benzene rings is 1. The Morgan fingerprint density at radius 1 is 1.23 bits per heavy atom. The Kier molecular flexibility index (Phi) is 4.38. The van der Waals surface area contributed by atoms with Gasteiger partial charge in [-0.05, 0) is 30.2 Å². The maximum Gasteiger partial charge on any atom is 0.274 e. The molecule has 0 bridgehead atoms. The maximum atomic E-state index is 14.7. The molecule has 3 heterocycles. The van der Waals surface area contributed by atoms with Gasteiger partial charge < -0.3 is 4.90 Å². The van der Waals surface area contributed by atoms with Crippen LogP contribution in [0.2, 0.25) is 5.02 Å². The monoisotopic (exact) mass is 371 g/mol. The predicted molar refractivity (Wildman–Crippen MR) is 94.3 cm³/mol. The Hall–Kier alpha value is -2.80. The van der Waals surface area contributed by atoms with Crippen molar-refractivity contribution < 1.29 is 9.18 Å². The van der Waals surface area contributed by atoms with E-state index in [0.717, 1.165) is 12.0 Å². The molecule has 8 heteroatoms. The fourth-order valence-corrected chi connectivity index (χ4v) is 3.33. The van der Waals surface area contributed by atoms with Crippen LogP contribution in [-0.2, 0) is 0 Å². The summed E-state index contributed by atoms with van der Waals surface area (Å²) in [5.74, 6) is -0.844. The summed E-state index contributed by atoms with van der Waals surface area (Å²) in [4.78, 5) is 14.4. The average molecular weight is 372 g/mol. The number of nitrogens with zero attached hydrogens (tertiary/aromatic N) is 4. The van der Waals surface area contributed by atoms with E-state index in [-0.39, 0.29) is 23.2 Å². The Balaban J connectivity index is 1.52. The fourth-order valence-electron chi connectivity index (χ4n) is 3.20. The summed E-state index contributed by atoms with van der Waals surface area (Å²) >= 11 is 5.92. The van der Waals surface area contributed by atoms with Gasteiger partial charge in [0.2, 0.25) is 0 Å². The summed E-state index contributed by atoms with van der Waals surface area (Å²) in [7, 11) is 0. The Labute approximate surface area is 154 Å². The first-order valence-corrected chi connectivity index (χ1v) is 8.57. The van der Waals surface area contributed by atoms with Gasteiger partial charge in [-0.15, -0.1) is 0 Å². The van der Waals surface area contributed by atoms with Crippen molar-refractivity contribution in [3.05, 3.63) is 64.8 Å². The highest BCUT2D eigenvalue weighted by atomic mass is 35.5. The van der Waals surface area contributed by atoms with E-state index in [1.54, 1.807) is 11.0 Å². The van der Waals surface area contributed by atoms with Gasteiger partial charge in [-0.1, -0.05) is 23.7 Å². The fraction of sp³-hybridized carbons (Fsp3) is 0.222. The molecule has 1 saturated heterocycles. The Morgan fingerprint density at radius 2 is 2.04 bits per heavy atom. The van der Waals surface area contributed by atoms with Gasteiger partial charge in [0.05, 0.1) is 12.4 Å². The number of rotatable bonds is 3. The quantitative estimate of drug-likeness (QED) is 0.766. The third-order valence-electron chi connectivity index (χ3n) is 4.60. The highest BCUT2D eigenvalue weighted by Gasteiger charge is 2.31. The summed E-state index contributed by atoms with van der Waals surface area (Å²) in [6.07, 6.45) is 3.67. The van der Waals surface area contributed by atoms with Crippen LogP contribution in [0, 0.1) is 5.82 Å². The summed E-state index contributed by atoms with van der Waals surface area (Å²) in [5, 5.41) is 14.5. The minimum absolute atomic E-state index is 0.0664. The van der Waals surface area contributed by atoms with Crippen LogP contribution in [-0.4, -0.2) is 44.3 Å². The van der Waals surface area contributed by atoms with Crippen molar-refractivity contribution >= 4 is 17.5 Å². The molecule has 1 fully saturated rings. The smallest absolute Gasteiger partial charge is 0.274 e. The first-order valence-electron chi connectivity index (χ1n) is 8.19. The number of H-pyrrole nitrogens is 1. The lowest BCUT2D eigenvalue weighted by Gasteiger charge is -2.15. The molecule has 132 valence electrons. The second-order valence-corrected chi connectivity index (χ2v) is 6.62. The molecule has 0 saturated carbocycles. The highest BCUT2D eigenvalue weighted by Crippen LogP contribution is 2.30. The van der Waals surface area contributed by atoms with Crippen molar-refractivity contribution in [1.29, 1.82) is 0 Å². The number of hydrogen-bond donors (Lipinski definition) is 1. The van der Waals surface area contributed by atoms with E-state index in [9.17, 15) is 9.18 Å². The zero-order valence-corrected chi connectivity index (χ0v) is 14.4. The van der Waals surface area contributed by atoms with Crippen molar-refractivity contribution in [1.82, 2.24) is 25.3 Å². The van der Waals surface area contributed by atoms with Gasteiger partial charge in [-0.25, -0.2) is 4.39 Å². The molecule has 4 rings (SSSR count). The first-order chi connectivity index (χ1) is 12.6. The van der Waals surface area contributed by atoms with Crippen LogP contribution >= 0.6 is 11.6 Å². The molecular formula is C18H15ClFN5O. The number of likely N-dealkylation sites (tertiary alicyclic amines) is 1. The molecule has 1 amide bonds. The van der Waals surface area contributed by atoms with Gasteiger partial charge in [0.1, 0.15) is 5.69 Å². The van der Waals surface area contributed by atoms with Crippen molar-refractivity contribution in [2.24, 2.45) is 0 Å². The number of halogens is 2. The number of carbonyl (C=O) groups excluding carboxylic acids is 1. The van der Waals surface area contributed by atoms with E-state index in [0.29, 0.717) is 23.7 Å². The van der Waals surface area contributed by atoms with Crippen molar-refractivity contribution in [3.8, 4) is 11.3 Å². The molecule has 1 atom stereocenters. The zero-order chi connectivity index (χ0) is 18.1. The molecule has 1 aromatic carbocycles. The van der Waals surface area contributed by atoms with Crippen LogP contribution in [0.25, 0.3) is 11.3 Å². The van der Waals surface area contributed by atoms with Gasteiger partial charge in [-0.2, -0.15) is 15.3 Å². The summed E-state index contributed by atoms with van der Waals surface area (Å²) in [6.45, 7) is 1.10. The molecule has 3 aromatic rings. The van der Waals surface area contributed by atoms with E-state index in [4.69, 9.17) is 11.6 Å². The lowest BCUT2D eigenvalue weighted by Crippen LogP contribution is -2.29. The second kappa shape index (κ2) is 6.84. The SMILES string of the molecule is O=C(c1[nH]nc(-c2ccnnc2)c1F)N1CCC(c2ccc(Cl)cc2)C1. The maximum absolute atomic E-state index is 14.7. The number of amides is 1. The number of hydrogen-bond acceptors (Lipinski definition) is 4. The van der Waals surface area contributed by atoms with Gasteiger partial charge >= 0.3 is 0 Å². The van der Waals surface area contributed by atoms with Gasteiger partial charge in [0, 0.05) is 29.6 Å². The van der Waals surface area contributed by atoms with E-state index in [1.165, 1.54) is 12.4 Å². The van der Waals surface area contributed by atoms with Crippen LogP contribution in [0.3, 0.4) is 0 Å². The zero-order valence-electron chi connectivity index (χ0n) is 13.7. The van der Waals surface area contributed by atoms with Gasteiger partial charge in [-0.3, -0.25) is 9.89 Å². The Morgan fingerprint density at radius 3 is 2.77 bits per heavy atom. The van der Waals surface area contributed by atoms with E-state index in [2.05, 4.69) is 20.4 Å². The van der Waals surface area contributed by atoms with Gasteiger partial charge in [0.25, 0.3) is 5.91 Å². The van der Waals surface area contributed by atoms with Crippen LogP contribution in [0.15, 0.2) is 42.7 Å². The molecule has 6 nitrogen and oxygen atoms in total. The number of carbonyl (C=O) groups is 1. The molecule has 26 heavy (non-hydrogen) atoms. The molecular weight excluding hydrogens is 357 g/mol. The van der Waals surface area contributed by atoms with E-state index < -0.39 is 5.82 Å². The van der Waals surface area contributed by atoms with Crippen LogP contribution in [0.4, 0.5) is 4.39 Å². The summed E-state index contributed by atoms with van der Waals surface area (Å²) in [6, 6.07) is 9.20. The molecule has 1 unspecified atom stereocenters. The van der Waals surface area contributed by atoms with Gasteiger partial charge in [0.15, 0.2) is 11.5 Å². The lowest BCUT2D eigenvalue weighted by atomic mass is 9.99. The Bertz CT molecular complexity index is 929. The third kappa shape index (κ3) is 3.06. The summed E-state index contributed by atoms with van der Waals surface area (Å²) < 4.78 is 14.7. The number of aromatic nitrogens is 4. The standard InChI is InChI=1S/C18H15ClFN5O/c19-14-3-1-11(2-4-14)13-6-8-25(10-13)18(26)17-15(20)16(23-24-17)12-5-7-21-22-9-12/h1-5,7,9,13H,6,8,10H2,(H,23,24). The predicted octanol–water partition coefficient (Wildman–Crippen LogP) is 3.29. The largest absolute Gasteiger partial charge is 0.337 e. The highest BCUT2D eigenvalue weighted by molar-refractivity contribution is 6.30. The van der Waals surface area contributed by atoms with Crippen molar-refractivity contribution in [2.75, 3.05) is 13.1 Å². The minimum atomic E-state index is -0.669. The van der Waals surface area contributed by atoms with Crippen LogP contribution < -0.4 is 0 Å². The molecule has 1 aliphatic heterocycles. The number of nitrogens with one attached hydrogen (secondary N) is 1. The average Bonchev–Trinajstić information content (AvgIpc) is 3.30. The molecule has 0 radical (unpaired) electrons. The number of aromatic amines is 1. The first kappa shape index (κ1) is 16.7. The topological polar surface area (TPSA) is 74.8 Å². The van der Waals surface area contributed by atoms with Crippen LogP contribution in [0.5, 0.6) is 0 Å². The minimum Gasteiger partial charge on any atom is -0.337 e.